The SMILES string of the molecule is NCc1ccc(Sc2cccs2)c(F)c1Br. The quantitative estimate of drug-likeness (QED) is 0.915. The van der Waals surface area contributed by atoms with E-state index in [2.05, 4.69) is 15.9 Å². The Morgan fingerprint density at radius 1 is 1.38 bits per heavy atom. The minimum Gasteiger partial charge on any atom is -0.326 e. The highest BCUT2D eigenvalue weighted by Crippen LogP contribution is 2.36. The zero-order valence-corrected chi connectivity index (χ0v) is 11.5. The zero-order chi connectivity index (χ0) is 11.5. The Labute approximate surface area is 110 Å². The van der Waals surface area contributed by atoms with Gasteiger partial charge in [-0.25, -0.2) is 4.39 Å². The molecule has 0 spiro atoms. The molecule has 0 aliphatic heterocycles. The summed E-state index contributed by atoms with van der Waals surface area (Å²) in [5.74, 6) is -0.235. The van der Waals surface area contributed by atoms with Gasteiger partial charge in [0.25, 0.3) is 0 Å². The van der Waals surface area contributed by atoms with Crippen molar-refractivity contribution in [2.24, 2.45) is 5.73 Å². The number of halogens is 2. The van der Waals surface area contributed by atoms with Gasteiger partial charge in [0.2, 0.25) is 0 Å². The molecule has 1 heterocycles. The summed E-state index contributed by atoms with van der Waals surface area (Å²) in [6.07, 6.45) is 0. The standard InChI is InChI=1S/C11H9BrFNS2/c12-10-7(6-14)3-4-8(11(10)13)16-9-2-1-5-15-9/h1-5H,6,14H2. The van der Waals surface area contributed by atoms with E-state index in [1.165, 1.54) is 11.8 Å². The minimum atomic E-state index is -0.235. The summed E-state index contributed by atoms with van der Waals surface area (Å²) >= 11 is 6.26. The molecule has 84 valence electrons. The third kappa shape index (κ3) is 2.48. The number of benzene rings is 1. The second-order valence-electron chi connectivity index (χ2n) is 3.09. The molecular formula is C11H9BrFNS2. The summed E-state index contributed by atoms with van der Waals surface area (Å²) in [5, 5.41) is 1.98. The van der Waals surface area contributed by atoms with E-state index in [9.17, 15) is 4.39 Å². The fourth-order valence-electron chi connectivity index (χ4n) is 1.24. The fraction of sp³-hybridized carbons (Fsp3) is 0.0909. The van der Waals surface area contributed by atoms with Crippen LogP contribution in [0.3, 0.4) is 0 Å². The molecule has 2 N–H and O–H groups in total. The second-order valence-corrected chi connectivity index (χ2v) is 6.17. The third-order valence-corrected chi connectivity index (χ3v) is 4.98. The molecule has 5 heteroatoms. The lowest BCUT2D eigenvalue weighted by Gasteiger charge is -2.06. The third-order valence-electron chi connectivity index (χ3n) is 2.05. The van der Waals surface area contributed by atoms with Gasteiger partial charge in [-0.3, -0.25) is 0 Å². The molecule has 0 bridgehead atoms. The molecule has 0 radical (unpaired) electrons. The predicted octanol–water partition coefficient (Wildman–Crippen LogP) is 4.26. The van der Waals surface area contributed by atoms with Crippen LogP contribution < -0.4 is 5.73 Å². The van der Waals surface area contributed by atoms with Crippen LogP contribution in [-0.4, -0.2) is 0 Å². The maximum atomic E-state index is 13.9. The first-order chi connectivity index (χ1) is 7.72. The maximum absolute atomic E-state index is 13.9. The molecule has 1 aromatic carbocycles. The Balaban J connectivity index is 2.32. The van der Waals surface area contributed by atoms with Crippen molar-refractivity contribution in [3.8, 4) is 0 Å². The van der Waals surface area contributed by atoms with Gasteiger partial charge < -0.3 is 5.73 Å². The van der Waals surface area contributed by atoms with E-state index >= 15 is 0 Å². The van der Waals surface area contributed by atoms with E-state index in [4.69, 9.17) is 5.73 Å². The highest BCUT2D eigenvalue weighted by Gasteiger charge is 2.11. The van der Waals surface area contributed by atoms with E-state index in [1.807, 2.05) is 23.6 Å². The van der Waals surface area contributed by atoms with Crippen LogP contribution in [0, 0.1) is 5.82 Å². The van der Waals surface area contributed by atoms with Gasteiger partial charge in [0.1, 0.15) is 0 Å². The largest absolute Gasteiger partial charge is 0.326 e. The van der Waals surface area contributed by atoms with E-state index < -0.39 is 0 Å². The van der Waals surface area contributed by atoms with Crippen LogP contribution >= 0.6 is 39.0 Å². The van der Waals surface area contributed by atoms with Crippen molar-refractivity contribution in [2.75, 3.05) is 0 Å². The molecule has 2 rings (SSSR count). The number of hydrogen-bond donors (Lipinski definition) is 1. The molecule has 0 unspecified atom stereocenters. The Morgan fingerprint density at radius 3 is 2.81 bits per heavy atom. The lowest BCUT2D eigenvalue weighted by Crippen LogP contribution is -1.99. The van der Waals surface area contributed by atoms with E-state index in [0.29, 0.717) is 15.9 Å². The van der Waals surface area contributed by atoms with Crippen LogP contribution in [0.25, 0.3) is 0 Å². The minimum absolute atomic E-state index is 0.235. The predicted molar refractivity (Wildman–Crippen MR) is 70.4 cm³/mol. The number of hydrogen-bond acceptors (Lipinski definition) is 3. The Kier molecular flexibility index (Phi) is 4.02. The van der Waals surface area contributed by atoms with Gasteiger partial charge in [0.05, 0.1) is 8.68 Å². The maximum Gasteiger partial charge on any atom is 0.151 e. The molecule has 1 aromatic heterocycles. The van der Waals surface area contributed by atoms with Gasteiger partial charge in [0, 0.05) is 11.4 Å². The van der Waals surface area contributed by atoms with Gasteiger partial charge in [-0.15, -0.1) is 11.3 Å². The zero-order valence-electron chi connectivity index (χ0n) is 8.24. The second kappa shape index (κ2) is 5.31. The van der Waals surface area contributed by atoms with Gasteiger partial charge in [0.15, 0.2) is 5.82 Å². The highest BCUT2D eigenvalue weighted by molar-refractivity contribution is 9.10. The van der Waals surface area contributed by atoms with Gasteiger partial charge >= 0.3 is 0 Å². The summed E-state index contributed by atoms with van der Waals surface area (Å²) in [6.45, 7) is 0.335. The average Bonchev–Trinajstić information content (AvgIpc) is 2.78. The van der Waals surface area contributed by atoms with Crippen molar-refractivity contribution in [3.05, 3.63) is 45.5 Å². The highest BCUT2D eigenvalue weighted by atomic mass is 79.9. The van der Waals surface area contributed by atoms with E-state index in [1.54, 1.807) is 17.4 Å². The van der Waals surface area contributed by atoms with Crippen molar-refractivity contribution >= 4 is 39.0 Å². The monoisotopic (exact) mass is 317 g/mol. The Bertz CT molecular complexity index is 485. The van der Waals surface area contributed by atoms with Gasteiger partial charge in [-0.05, 0) is 39.0 Å². The normalized spacial score (nSPS) is 10.7. The first-order valence-corrected chi connectivity index (χ1v) is 7.09. The van der Waals surface area contributed by atoms with Crippen molar-refractivity contribution in [1.29, 1.82) is 0 Å². The van der Waals surface area contributed by atoms with Gasteiger partial charge in [-0.2, -0.15) is 0 Å². The van der Waals surface area contributed by atoms with Crippen LogP contribution in [0.1, 0.15) is 5.56 Å². The van der Waals surface area contributed by atoms with Gasteiger partial charge in [-0.1, -0.05) is 23.9 Å². The summed E-state index contributed by atoms with van der Waals surface area (Å²) in [6, 6.07) is 7.55. The van der Waals surface area contributed by atoms with Crippen molar-refractivity contribution in [2.45, 2.75) is 15.6 Å². The molecule has 0 amide bonds. The molecule has 0 fully saturated rings. The molecule has 0 aliphatic rings. The smallest absolute Gasteiger partial charge is 0.151 e. The van der Waals surface area contributed by atoms with E-state index in [0.717, 1.165) is 9.77 Å². The van der Waals surface area contributed by atoms with Crippen molar-refractivity contribution < 1.29 is 4.39 Å². The van der Waals surface area contributed by atoms with Crippen LogP contribution in [0.5, 0.6) is 0 Å². The summed E-state index contributed by atoms with van der Waals surface area (Å²) < 4.78 is 15.5. The molecular weight excluding hydrogens is 309 g/mol. The van der Waals surface area contributed by atoms with Crippen LogP contribution in [-0.2, 0) is 6.54 Å². The molecule has 0 atom stereocenters. The fourth-order valence-corrected chi connectivity index (χ4v) is 3.64. The molecule has 0 saturated heterocycles. The van der Waals surface area contributed by atoms with Crippen LogP contribution in [0.2, 0.25) is 0 Å². The lowest BCUT2D eigenvalue weighted by molar-refractivity contribution is 0.592. The van der Waals surface area contributed by atoms with Crippen molar-refractivity contribution in [1.82, 2.24) is 0 Å². The van der Waals surface area contributed by atoms with Crippen LogP contribution in [0.15, 0.2) is 43.2 Å². The molecule has 0 aliphatic carbocycles. The topological polar surface area (TPSA) is 26.0 Å². The summed E-state index contributed by atoms with van der Waals surface area (Å²) in [5.41, 5.74) is 6.29. The number of nitrogens with two attached hydrogens (primary N) is 1. The molecule has 2 aromatic rings. The molecule has 0 saturated carbocycles. The Hall–Kier alpha value is -0.360. The lowest BCUT2D eigenvalue weighted by atomic mass is 10.2. The number of thiophene rings is 1. The van der Waals surface area contributed by atoms with Crippen molar-refractivity contribution in [3.63, 3.8) is 0 Å². The Morgan fingerprint density at radius 2 is 2.19 bits per heavy atom. The number of rotatable bonds is 3. The summed E-state index contributed by atoms with van der Waals surface area (Å²) in [4.78, 5) is 0.617. The molecule has 16 heavy (non-hydrogen) atoms. The first-order valence-electron chi connectivity index (χ1n) is 4.60. The van der Waals surface area contributed by atoms with Crippen LogP contribution in [0.4, 0.5) is 4.39 Å². The molecule has 1 nitrogen and oxygen atoms in total. The summed E-state index contributed by atoms with van der Waals surface area (Å²) in [7, 11) is 0. The van der Waals surface area contributed by atoms with E-state index in [-0.39, 0.29) is 5.82 Å². The average molecular weight is 318 g/mol. The first kappa shape index (κ1) is 12.1.